The molecule has 6 nitrogen and oxygen atoms in total. The normalized spacial score (nSPS) is 11.0. The molecule has 0 radical (unpaired) electrons. The summed E-state index contributed by atoms with van der Waals surface area (Å²) in [6.45, 7) is 4.72. The molecule has 1 aromatic heterocycles. The third-order valence-electron chi connectivity index (χ3n) is 2.57. The number of carbonyl (C=O) groups excluding carboxylic acids is 1. The summed E-state index contributed by atoms with van der Waals surface area (Å²) in [5.74, 6) is -1.88. The maximum absolute atomic E-state index is 13.1. The number of anilines is 1. The first-order chi connectivity index (χ1) is 10.5. The molecule has 1 heterocycles. The molecule has 1 N–H and O–H groups in total. The average molecular weight is 327 g/mol. The van der Waals surface area contributed by atoms with E-state index in [1.165, 1.54) is 17.8 Å². The van der Waals surface area contributed by atoms with Gasteiger partial charge < -0.3 is 5.32 Å². The van der Waals surface area contributed by atoms with Crippen molar-refractivity contribution in [2.75, 3.05) is 11.1 Å². The van der Waals surface area contributed by atoms with Crippen molar-refractivity contribution in [2.24, 2.45) is 5.92 Å². The summed E-state index contributed by atoms with van der Waals surface area (Å²) in [6.07, 6.45) is 0. The van der Waals surface area contributed by atoms with Crippen LogP contribution in [-0.4, -0.2) is 31.9 Å². The average Bonchev–Trinajstić information content (AvgIpc) is 2.87. The van der Waals surface area contributed by atoms with E-state index in [0.717, 1.165) is 12.1 Å². The highest BCUT2D eigenvalue weighted by Crippen LogP contribution is 2.17. The highest BCUT2D eigenvalue weighted by atomic mass is 32.2. The Labute approximate surface area is 130 Å². The molecular formula is C13H15F2N5OS. The van der Waals surface area contributed by atoms with Gasteiger partial charge in [0.2, 0.25) is 11.1 Å². The minimum absolute atomic E-state index is 0.0669. The highest BCUT2D eigenvalue weighted by molar-refractivity contribution is 7.99. The maximum Gasteiger partial charge on any atom is 0.234 e. The van der Waals surface area contributed by atoms with Crippen molar-refractivity contribution in [1.29, 1.82) is 0 Å². The number of benzene rings is 1. The molecule has 0 aliphatic rings. The van der Waals surface area contributed by atoms with E-state index in [1.807, 2.05) is 13.8 Å². The van der Waals surface area contributed by atoms with Crippen LogP contribution in [0.1, 0.15) is 13.8 Å². The fourth-order valence-corrected chi connectivity index (χ4v) is 2.35. The number of halogens is 2. The Kier molecular flexibility index (Phi) is 5.42. The van der Waals surface area contributed by atoms with Crippen LogP contribution in [0.5, 0.6) is 0 Å². The second-order valence-corrected chi connectivity index (χ2v) is 5.95. The molecule has 0 spiro atoms. The molecule has 118 valence electrons. The van der Waals surface area contributed by atoms with Gasteiger partial charge in [-0.15, -0.1) is 5.10 Å². The van der Waals surface area contributed by atoms with Gasteiger partial charge in [-0.25, -0.2) is 13.5 Å². The number of tetrazole rings is 1. The van der Waals surface area contributed by atoms with Crippen molar-refractivity contribution in [1.82, 2.24) is 20.2 Å². The predicted octanol–water partition coefficient (Wildman–Crippen LogP) is 2.34. The smallest absolute Gasteiger partial charge is 0.234 e. The van der Waals surface area contributed by atoms with Gasteiger partial charge in [-0.1, -0.05) is 25.6 Å². The third kappa shape index (κ3) is 4.48. The first kappa shape index (κ1) is 16.3. The zero-order chi connectivity index (χ0) is 16.1. The van der Waals surface area contributed by atoms with Crippen LogP contribution in [0.15, 0.2) is 23.4 Å². The molecule has 2 rings (SSSR count). The van der Waals surface area contributed by atoms with E-state index >= 15 is 0 Å². The van der Waals surface area contributed by atoms with E-state index in [9.17, 15) is 13.6 Å². The minimum atomic E-state index is -1.01. The van der Waals surface area contributed by atoms with E-state index in [1.54, 1.807) is 4.68 Å². The molecule has 0 aliphatic carbocycles. The number of carbonyl (C=O) groups is 1. The molecular weight excluding hydrogens is 312 g/mol. The van der Waals surface area contributed by atoms with Crippen LogP contribution in [0.25, 0.3) is 0 Å². The summed E-state index contributed by atoms with van der Waals surface area (Å²) in [6, 6.07) is 3.19. The maximum atomic E-state index is 13.1. The molecule has 1 aromatic carbocycles. The molecule has 9 heteroatoms. The standard InChI is InChI=1S/C13H15F2N5OS/c1-8(2)6-20-13(17-18-19-20)22-7-12(21)16-9-3-4-10(14)11(15)5-9/h3-5,8H,6-7H2,1-2H3,(H,16,21). The molecule has 0 fully saturated rings. The Morgan fingerprint density at radius 2 is 2.14 bits per heavy atom. The Balaban J connectivity index is 1.90. The van der Waals surface area contributed by atoms with Gasteiger partial charge in [-0.05, 0) is 28.5 Å². The highest BCUT2D eigenvalue weighted by Gasteiger charge is 2.12. The minimum Gasteiger partial charge on any atom is -0.325 e. The van der Waals surface area contributed by atoms with Crippen LogP contribution in [0, 0.1) is 17.6 Å². The van der Waals surface area contributed by atoms with E-state index in [-0.39, 0.29) is 17.3 Å². The summed E-state index contributed by atoms with van der Waals surface area (Å²) in [5, 5.41) is 14.3. The predicted molar refractivity (Wildman–Crippen MR) is 78.4 cm³/mol. The second kappa shape index (κ2) is 7.30. The lowest BCUT2D eigenvalue weighted by Crippen LogP contribution is -2.15. The molecule has 0 atom stereocenters. The van der Waals surface area contributed by atoms with Gasteiger partial charge in [0.05, 0.1) is 5.75 Å². The van der Waals surface area contributed by atoms with Crippen molar-refractivity contribution in [3.8, 4) is 0 Å². The van der Waals surface area contributed by atoms with Crippen LogP contribution in [0.4, 0.5) is 14.5 Å². The van der Waals surface area contributed by atoms with Crippen LogP contribution >= 0.6 is 11.8 Å². The molecule has 0 saturated carbocycles. The summed E-state index contributed by atoms with van der Waals surface area (Å²) < 4.78 is 27.5. The quantitative estimate of drug-likeness (QED) is 0.825. The summed E-state index contributed by atoms with van der Waals surface area (Å²) >= 11 is 1.18. The fourth-order valence-electron chi connectivity index (χ4n) is 1.66. The lowest BCUT2D eigenvalue weighted by atomic mass is 10.2. The number of amides is 1. The van der Waals surface area contributed by atoms with Gasteiger partial charge in [-0.3, -0.25) is 4.79 Å². The fraction of sp³-hybridized carbons (Fsp3) is 0.385. The number of nitrogens with zero attached hydrogens (tertiary/aromatic N) is 4. The van der Waals surface area contributed by atoms with Gasteiger partial charge in [0.15, 0.2) is 11.6 Å². The SMILES string of the molecule is CC(C)Cn1nnnc1SCC(=O)Nc1ccc(F)c(F)c1. The number of aromatic nitrogens is 4. The van der Waals surface area contributed by atoms with Gasteiger partial charge in [0.1, 0.15) is 0 Å². The Bertz CT molecular complexity index is 662. The monoisotopic (exact) mass is 327 g/mol. The third-order valence-corrected chi connectivity index (χ3v) is 3.53. The Hall–Kier alpha value is -2.03. The lowest BCUT2D eigenvalue weighted by molar-refractivity contribution is -0.113. The largest absolute Gasteiger partial charge is 0.325 e. The van der Waals surface area contributed by atoms with Crippen LogP contribution < -0.4 is 5.32 Å². The molecule has 2 aromatic rings. The lowest BCUT2D eigenvalue weighted by Gasteiger charge is -2.07. The van der Waals surface area contributed by atoms with E-state index < -0.39 is 11.6 Å². The number of thioether (sulfide) groups is 1. The van der Waals surface area contributed by atoms with Gasteiger partial charge in [0, 0.05) is 18.3 Å². The molecule has 0 aliphatic heterocycles. The van der Waals surface area contributed by atoms with Crippen molar-refractivity contribution in [3.05, 3.63) is 29.8 Å². The number of hydrogen-bond acceptors (Lipinski definition) is 5. The first-order valence-electron chi connectivity index (χ1n) is 6.59. The van der Waals surface area contributed by atoms with E-state index in [4.69, 9.17) is 0 Å². The number of nitrogens with one attached hydrogen (secondary N) is 1. The van der Waals surface area contributed by atoms with Gasteiger partial charge >= 0.3 is 0 Å². The summed E-state index contributed by atoms with van der Waals surface area (Å²) in [5.41, 5.74) is 0.200. The van der Waals surface area contributed by atoms with Gasteiger partial charge in [-0.2, -0.15) is 0 Å². The van der Waals surface area contributed by atoms with E-state index in [2.05, 4.69) is 20.8 Å². The first-order valence-corrected chi connectivity index (χ1v) is 7.58. The second-order valence-electron chi connectivity index (χ2n) is 5.00. The van der Waals surface area contributed by atoms with Crippen molar-refractivity contribution in [3.63, 3.8) is 0 Å². The van der Waals surface area contributed by atoms with Crippen LogP contribution in [0.2, 0.25) is 0 Å². The summed E-state index contributed by atoms with van der Waals surface area (Å²) in [4.78, 5) is 11.8. The van der Waals surface area contributed by atoms with Crippen LogP contribution in [0.3, 0.4) is 0 Å². The number of hydrogen-bond donors (Lipinski definition) is 1. The summed E-state index contributed by atoms with van der Waals surface area (Å²) in [7, 11) is 0. The molecule has 22 heavy (non-hydrogen) atoms. The Morgan fingerprint density at radius 1 is 1.36 bits per heavy atom. The number of rotatable bonds is 6. The molecule has 0 unspecified atom stereocenters. The van der Waals surface area contributed by atoms with Gasteiger partial charge in [0.25, 0.3) is 0 Å². The van der Waals surface area contributed by atoms with Crippen molar-refractivity contribution < 1.29 is 13.6 Å². The van der Waals surface area contributed by atoms with E-state index in [0.29, 0.717) is 17.6 Å². The Morgan fingerprint density at radius 3 is 2.82 bits per heavy atom. The van der Waals surface area contributed by atoms with Crippen molar-refractivity contribution in [2.45, 2.75) is 25.5 Å². The van der Waals surface area contributed by atoms with Crippen LogP contribution in [-0.2, 0) is 11.3 Å². The molecule has 1 amide bonds. The zero-order valence-corrected chi connectivity index (χ0v) is 12.9. The molecule has 0 bridgehead atoms. The molecule has 0 saturated heterocycles. The zero-order valence-electron chi connectivity index (χ0n) is 12.1. The topological polar surface area (TPSA) is 72.7 Å². The van der Waals surface area contributed by atoms with Crippen molar-refractivity contribution >= 4 is 23.4 Å².